The molecule has 1 rings (SSSR count). The Morgan fingerprint density at radius 3 is 2.56 bits per heavy atom. The van der Waals surface area contributed by atoms with E-state index in [0.717, 1.165) is 11.3 Å². The van der Waals surface area contributed by atoms with E-state index in [1.165, 1.54) is 0 Å². The molecule has 0 saturated carbocycles. The maximum atomic E-state index is 11.9. The molecule has 0 aliphatic rings. The van der Waals surface area contributed by atoms with Gasteiger partial charge < -0.3 is 9.47 Å². The Labute approximate surface area is 96.4 Å². The van der Waals surface area contributed by atoms with Gasteiger partial charge in [0.15, 0.2) is 5.78 Å². The molecule has 0 fully saturated rings. The molecule has 3 nitrogen and oxygen atoms in total. The second kappa shape index (κ2) is 5.12. The number of ether oxygens (including phenoxy) is 2. The quantitative estimate of drug-likeness (QED) is 0.766. The number of carbonyl (C=O) groups is 1. The van der Waals surface area contributed by atoms with Crippen LogP contribution >= 0.6 is 0 Å². The topological polar surface area (TPSA) is 35.5 Å². The molecule has 16 heavy (non-hydrogen) atoms. The molecule has 1 aromatic carbocycles. The van der Waals surface area contributed by atoms with Crippen LogP contribution in [0.15, 0.2) is 24.3 Å². The lowest BCUT2D eigenvalue weighted by Crippen LogP contribution is -2.35. The Morgan fingerprint density at radius 2 is 2.00 bits per heavy atom. The van der Waals surface area contributed by atoms with Crippen molar-refractivity contribution in [1.29, 1.82) is 0 Å². The van der Waals surface area contributed by atoms with Crippen molar-refractivity contribution in [1.82, 2.24) is 0 Å². The lowest BCUT2D eigenvalue weighted by atomic mass is 9.97. The third-order valence-electron chi connectivity index (χ3n) is 2.68. The minimum absolute atomic E-state index is 0.0586. The predicted molar refractivity (Wildman–Crippen MR) is 62.8 cm³/mol. The van der Waals surface area contributed by atoms with E-state index < -0.39 is 5.60 Å². The fourth-order valence-electron chi connectivity index (χ4n) is 1.29. The van der Waals surface area contributed by atoms with E-state index >= 15 is 0 Å². The van der Waals surface area contributed by atoms with Crippen molar-refractivity contribution >= 4 is 5.78 Å². The predicted octanol–water partition coefficient (Wildman–Crippen LogP) is 2.23. The van der Waals surface area contributed by atoms with Crippen LogP contribution in [0.1, 0.15) is 19.4 Å². The van der Waals surface area contributed by atoms with Crippen LogP contribution in [0.2, 0.25) is 0 Å². The van der Waals surface area contributed by atoms with Crippen molar-refractivity contribution in [3.8, 4) is 5.75 Å². The summed E-state index contributed by atoms with van der Waals surface area (Å²) in [7, 11) is 3.16. The molecule has 88 valence electrons. The van der Waals surface area contributed by atoms with Gasteiger partial charge in [-0.25, -0.2) is 0 Å². The Hall–Kier alpha value is -1.35. The lowest BCUT2D eigenvalue weighted by molar-refractivity contribution is -0.136. The van der Waals surface area contributed by atoms with Gasteiger partial charge in [0, 0.05) is 13.5 Å². The Kier molecular flexibility index (Phi) is 4.07. The van der Waals surface area contributed by atoms with Crippen LogP contribution in [0.25, 0.3) is 0 Å². The monoisotopic (exact) mass is 222 g/mol. The van der Waals surface area contributed by atoms with Gasteiger partial charge in [-0.15, -0.1) is 0 Å². The maximum absolute atomic E-state index is 11.9. The average molecular weight is 222 g/mol. The smallest absolute Gasteiger partial charge is 0.168 e. The highest BCUT2D eigenvalue weighted by atomic mass is 16.5. The molecule has 0 bridgehead atoms. The summed E-state index contributed by atoms with van der Waals surface area (Å²) < 4.78 is 10.3. The minimum Gasteiger partial charge on any atom is -0.497 e. The number of Topliss-reactive ketones (excluding diaryl/α,β-unsaturated/α-hetero) is 1. The normalized spacial score (nSPS) is 11.2. The summed E-state index contributed by atoms with van der Waals surface area (Å²) in [6.45, 7) is 3.55. The zero-order valence-corrected chi connectivity index (χ0v) is 10.2. The van der Waals surface area contributed by atoms with Crippen molar-refractivity contribution in [3.05, 3.63) is 29.8 Å². The summed E-state index contributed by atoms with van der Waals surface area (Å²) in [5.41, 5.74) is 0.206. The summed E-state index contributed by atoms with van der Waals surface area (Å²) in [5.74, 6) is 0.823. The van der Waals surface area contributed by atoms with E-state index in [0.29, 0.717) is 6.42 Å². The molecule has 0 atom stereocenters. The van der Waals surface area contributed by atoms with Gasteiger partial charge in [-0.1, -0.05) is 12.1 Å². The van der Waals surface area contributed by atoms with E-state index in [1.54, 1.807) is 28.1 Å². The summed E-state index contributed by atoms with van der Waals surface area (Å²) in [6, 6.07) is 7.51. The zero-order valence-electron chi connectivity index (χ0n) is 10.2. The highest BCUT2D eigenvalue weighted by molar-refractivity contribution is 5.88. The largest absolute Gasteiger partial charge is 0.497 e. The van der Waals surface area contributed by atoms with Gasteiger partial charge in [0.25, 0.3) is 0 Å². The van der Waals surface area contributed by atoms with Crippen molar-refractivity contribution in [3.63, 3.8) is 0 Å². The zero-order chi connectivity index (χ0) is 12.2. The summed E-state index contributed by atoms with van der Waals surface area (Å²) in [6.07, 6.45) is 0.359. The maximum Gasteiger partial charge on any atom is 0.168 e. The van der Waals surface area contributed by atoms with Gasteiger partial charge >= 0.3 is 0 Å². The molecule has 0 radical (unpaired) electrons. The summed E-state index contributed by atoms with van der Waals surface area (Å²) in [4.78, 5) is 11.9. The molecule has 0 aliphatic heterocycles. The van der Waals surface area contributed by atoms with Crippen molar-refractivity contribution in [2.75, 3.05) is 14.2 Å². The van der Waals surface area contributed by atoms with Crippen LogP contribution in [-0.4, -0.2) is 25.6 Å². The molecule has 0 N–H and O–H groups in total. The van der Waals surface area contributed by atoms with Crippen LogP contribution in [0.4, 0.5) is 0 Å². The fourth-order valence-corrected chi connectivity index (χ4v) is 1.29. The molecular weight excluding hydrogens is 204 g/mol. The summed E-state index contributed by atoms with van der Waals surface area (Å²) in [5, 5.41) is 0. The number of rotatable bonds is 5. The van der Waals surface area contributed by atoms with Crippen molar-refractivity contribution in [2.45, 2.75) is 25.9 Å². The van der Waals surface area contributed by atoms with E-state index in [-0.39, 0.29) is 5.78 Å². The van der Waals surface area contributed by atoms with Crippen LogP contribution in [0.5, 0.6) is 5.75 Å². The molecule has 0 aliphatic carbocycles. The van der Waals surface area contributed by atoms with Crippen molar-refractivity contribution < 1.29 is 14.3 Å². The number of ketones is 1. The van der Waals surface area contributed by atoms with Gasteiger partial charge in [-0.05, 0) is 31.5 Å². The fraction of sp³-hybridized carbons (Fsp3) is 0.462. The number of carbonyl (C=O) groups excluding carboxylic acids is 1. The second-order valence-corrected chi connectivity index (χ2v) is 4.17. The number of hydrogen-bond acceptors (Lipinski definition) is 3. The van der Waals surface area contributed by atoms with Gasteiger partial charge in [-0.2, -0.15) is 0 Å². The minimum atomic E-state index is -0.733. The van der Waals surface area contributed by atoms with Gasteiger partial charge in [0.2, 0.25) is 0 Å². The second-order valence-electron chi connectivity index (χ2n) is 4.17. The highest BCUT2D eigenvalue weighted by Crippen LogP contribution is 2.17. The number of hydrogen-bond donors (Lipinski definition) is 0. The molecule has 3 heteroatoms. The first-order valence-electron chi connectivity index (χ1n) is 5.21. The molecular formula is C13H18O3. The van der Waals surface area contributed by atoms with E-state index in [1.807, 2.05) is 24.3 Å². The van der Waals surface area contributed by atoms with Crippen LogP contribution in [0, 0.1) is 0 Å². The Bertz CT molecular complexity index is 369. The van der Waals surface area contributed by atoms with Crippen LogP contribution < -0.4 is 4.74 Å². The SMILES string of the molecule is COc1cccc(CC(=O)C(C)(C)OC)c1. The molecule has 0 amide bonds. The van der Waals surface area contributed by atoms with Gasteiger partial charge in [0.1, 0.15) is 11.4 Å². The van der Waals surface area contributed by atoms with Gasteiger partial charge in [-0.3, -0.25) is 4.79 Å². The van der Waals surface area contributed by atoms with Crippen LogP contribution in [-0.2, 0) is 16.0 Å². The Balaban J connectivity index is 2.77. The molecule has 1 aromatic rings. The first-order valence-corrected chi connectivity index (χ1v) is 5.21. The molecule has 0 unspecified atom stereocenters. The summed E-state index contributed by atoms with van der Waals surface area (Å²) >= 11 is 0. The van der Waals surface area contributed by atoms with Crippen molar-refractivity contribution in [2.24, 2.45) is 0 Å². The Morgan fingerprint density at radius 1 is 1.31 bits per heavy atom. The number of methoxy groups -OCH3 is 2. The first-order chi connectivity index (χ1) is 7.49. The van der Waals surface area contributed by atoms with E-state index in [2.05, 4.69) is 0 Å². The van der Waals surface area contributed by atoms with Gasteiger partial charge in [0.05, 0.1) is 7.11 Å². The third kappa shape index (κ3) is 3.07. The third-order valence-corrected chi connectivity index (χ3v) is 2.68. The molecule has 0 aromatic heterocycles. The first kappa shape index (κ1) is 12.7. The van der Waals surface area contributed by atoms with E-state index in [9.17, 15) is 4.79 Å². The molecule has 0 spiro atoms. The average Bonchev–Trinajstić information content (AvgIpc) is 2.29. The van der Waals surface area contributed by atoms with Crippen LogP contribution in [0.3, 0.4) is 0 Å². The highest BCUT2D eigenvalue weighted by Gasteiger charge is 2.26. The van der Waals surface area contributed by atoms with E-state index in [4.69, 9.17) is 9.47 Å². The lowest BCUT2D eigenvalue weighted by Gasteiger charge is -2.21. The number of benzene rings is 1. The standard InChI is InChI=1S/C13H18O3/c1-13(2,16-4)12(14)9-10-6-5-7-11(8-10)15-3/h5-8H,9H2,1-4H3. The molecule has 0 heterocycles. The molecule has 0 saturated heterocycles.